The number of benzene rings is 1. The first-order valence-electron chi connectivity index (χ1n) is 7.84. The first-order valence-corrected chi connectivity index (χ1v) is 10.9. The second-order valence-corrected chi connectivity index (χ2v) is 9.15. The molecule has 1 aromatic carbocycles. The number of rotatable bonds is 4. The lowest BCUT2D eigenvalue weighted by molar-refractivity contribution is -0.120. The fourth-order valence-corrected chi connectivity index (χ4v) is 4.90. The van der Waals surface area contributed by atoms with Crippen LogP contribution in [0.1, 0.15) is 19.3 Å². The van der Waals surface area contributed by atoms with Gasteiger partial charge in [-0.15, -0.1) is 11.3 Å². The van der Waals surface area contributed by atoms with Crippen LogP contribution < -0.4 is 5.32 Å². The molecule has 1 amide bonds. The number of carbonyl (C=O) groups is 1. The predicted octanol–water partition coefficient (Wildman–Crippen LogP) is 3.22. The topological polar surface area (TPSA) is 79.4 Å². The highest BCUT2D eigenvalue weighted by Gasteiger charge is 2.34. The summed E-state index contributed by atoms with van der Waals surface area (Å²) in [6.45, 7) is 0.378. The van der Waals surface area contributed by atoms with E-state index in [4.69, 9.17) is 11.6 Å². The van der Waals surface area contributed by atoms with Crippen molar-refractivity contribution in [2.24, 2.45) is 0 Å². The lowest BCUT2D eigenvalue weighted by Gasteiger charge is -2.32. The molecular formula is C16H18ClN3O3S2. The van der Waals surface area contributed by atoms with Crippen molar-refractivity contribution in [3.05, 3.63) is 34.7 Å². The van der Waals surface area contributed by atoms with Gasteiger partial charge in [0.25, 0.3) is 0 Å². The first kappa shape index (κ1) is 18.3. The molecule has 134 valence electrons. The maximum absolute atomic E-state index is 12.6. The molecule has 1 fully saturated rings. The number of anilines is 1. The standard InChI is InChI=1S/C16H18ClN3O3S2/c1-25(22,23)20-8-3-2-7-14(20)15(21)19-16-18-13(10-24-16)11-5-4-6-12(17)9-11/h4-6,9-10,14H,2-3,7-8H2,1H3,(H,18,19,21). The van der Waals surface area contributed by atoms with E-state index in [1.165, 1.54) is 15.6 Å². The lowest BCUT2D eigenvalue weighted by Crippen LogP contribution is -2.49. The maximum Gasteiger partial charge on any atom is 0.244 e. The molecule has 0 bridgehead atoms. The number of piperidine rings is 1. The minimum atomic E-state index is -3.41. The number of hydrogen-bond acceptors (Lipinski definition) is 5. The van der Waals surface area contributed by atoms with Crippen molar-refractivity contribution >= 4 is 44.0 Å². The monoisotopic (exact) mass is 399 g/mol. The molecule has 9 heteroatoms. The SMILES string of the molecule is CS(=O)(=O)N1CCCCC1C(=O)Nc1nc(-c2cccc(Cl)c2)cs1. The summed E-state index contributed by atoms with van der Waals surface area (Å²) in [5, 5.41) is 5.63. The summed E-state index contributed by atoms with van der Waals surface area (Å²) in [7, 11) is -3.41. The van der Waals surface area contributed by atoms with Crippen molar-refractivity contribution in [3.8, 4) is 11.3 Å². The minimum Gasteiger partial charge on any atom is -0.301 e. The van der Waals surface area contributed by atoms with Gasteiger partial charge in [-0.05, 0) is 25.0 Å². The summed E-state index contributed by atoms with van der Waals surface area (Å²) in [6.07, 6.45) is 3.26. The van der Waals surface area contributed by atoms with Crippen LogP contribution in [0.3, 0.4) is 0 Å². The number of halogens is 1. The van der Waals surface area contributed by atoms with Gasteiger partial charge in [0.15, 0.2) is 5.13 Å². The zero-order valence-electron chi connectivity index (χ0n) is 13.6. The smallest absolute Gasteiger partial charge is 0.244 e. The molecule has 1 aliphatic rings. The first-order chi connectivity index (χ1) is 11.8. The maximum atomic E-state index is 12.6. The Kier molecular flexibility index (Phi) is 5.43. The Balaban J connectivity index is 1.75. The highest BCUT2D eigenvalue weighted by Crippen LogP contribution is 2.28. The number of thiazole rings is 1. The highest BCUT2D eigenvalue weighted by molar-refractivity contribution is 7.88. The van der Waals surface area contributed by atoms with Crippen LogP contribution in [0.15, 0.2) is 29.6 Å². The Morgan fingerprint density at radius 3 is 2.92 bits per heavy atom. The molecule has 0 radical (unpaired) electrons. The molecule has 2 heterocycles. The van der Waals surface area contributed by atoms with Crippen LogP contribution in [-0.2, 0) is 14.8 Å². The third-order valence-electron chi connectivity index (χ3n) is 4.04. The van der Waals surface area contributed by atoms with Crippen molar-refractivity contribution in [2.45, 2.75) is 25.3 Å². The van der Waals surface area contributed by atoms with Crippen molar-refractivity contribution in [3.63, 3.8) is 0 Å². The van der Waals surface area contributed by atoms with Crippen LogP contribution in [0.25, 0.3) is 11.3 Å². The van der Waals surface area contributed by atoms with E-state index in [-0.39, 0.29) is 5.91 Å². The quantitative estimate of drug-likeness (QED) is 0.856. The van der Waals surface area contributed by atoms with Gasteiger partial charge in [0.1, 0.15) is 6.04 Å². The molecule has 1 atom stereocenters. The molecule has 2 aromatic rings. The third-order valence-corrected chi connectivity index (χ3v) is 6.32. The van der Waals surface area contributed by atoms with Gasteiger partial charge in [-0.3, -0.25) is 4.79 Å². The number of hydrogen-bond donors (Lipinski definition) is 1. The second kappa shape index (κ2) is 7.41. The molecule has 1 aromatic heterocycles. The molecule has 0 aliphatic carbocycles. The van der Waals surface area contributed by atoms with Crippen LogP contribution in [0, 0.1) is 0 Å². The van der Waals surface area contributed by atoms with Crippen molar-refractivity contribution in [1.82, 2.24) is 9.29 Å². The summed E-state index contributed by atoms with van der Waals surface area (Å²) in [5.41, 5.74) is 1.58. The van der Waals surface area contributed by atoms with Gasteiger partial charge < -0.3 is 5.32 Å². The van der Waals surface area contributed by atoms with Gasteiger partial charge in [-0.25, -0.2) is 13.4 Å². The number of sulfonamides is 1. The lowest BCUT2D eigenvalue weighted by atomic mass is 10.0. The molecular weight excluding hydrogens is 382 g/mol. The third kappa shape index (κ3) is 4.38. The predicted molar refractivity (Wildman–Crippen MR) is 100 cm³/mol. The number of nitrogens with zero attached hydrogens (tertiary/aromatic N) is 2. The van der Waals surface area contributed by atoms with E-state index in [0.29, 0.717) is 28.8 Å². The van der Waals surface area contributed by atoms with Gasteiger partial charge in [0.2, 0.25) is 15.9 Å². The van der Waals surface area contributed by atoms with E-state index in [1.54, 1.807) is 12.1 Å². The Morgan fingerprint density at radius 1 is 1.40 bits per heavy atom. The molecule has 1 saturated heterocycles. The van der Waals surface area contributed by atoms with Crippen LogP contribution in [0.5, 0.6) is 0 Å². The summed E-state index contributed by atoms with van der Waals surface area (Å²) in [6, 6.07) is 6.63. The molecule has 6 nitrogen and oxygen atoms in total. The highest BCUT2D eigenvalue weighted by atomic mass is 35.5. The van der Waals surface area contributed by atoms with Gasteiger partial charge >= 0.3 is 0 Å². The molecule has 1 aliphatic heterocycles. The van der Waals surface area contributed by atoms with Crippen LogP contribution in [0.2, 0.25) is 5.02 Å². The number of amides is 1. The zero-order valence-corrected chi connectivity index (χ0v) is 16.0. The average molecular weight is 400 g/mol. The minimum absolute atomic E-state index is 0.336. The number of aromatic nitrogens is 1. The van der Waals surface area contributed by atoms with Crippen LogP contribution >= 0.6 is 22.9 Å². The van der Waals surface area contributed by atoms with Crippen molar-refractivity contribution < 1.29 is 13.2 Å². The number of nitrogens with one attached hydrogen (secondary N) is 1. The largest absolute Gasteiger partial charge is 0.301 e. The van der Waals surface area contributed by atoms with Gasteiger partial charge in [0, 0.05) is 22.5 Å². The summed E-state index contributed by atoms with van der Waals surface area (Å²) in [4.78, 5) is 17.0. The van der Waals surface area contributed by atoms with E-state index in [2.05, 4.69) is 10.3 Å². The van der Waals surface area contributed by atoms with Crippen molar-refractivity contribution in [1.29, 1.82) is 0 Å². The molecule has 3 rings (SSSR count). The van der Waals surface area contributed by atoms with E-state index in [0.717, 1.165) is 24.7 Å². The number of carbonyl (C=O) groups excluding carboxylic acids is 1. The zero-order chi connectivity index (χ0) is 18.0. The second-order valence-electron chi connectivity index (χ2n) is 5.92. The molecule has 25 heavy (non-hydrogen) atoms. The van der Waals surface area contributed by atoms with E-state index in [9.17, 15) is 13.2 Å². The summed E-state index contributed by atoms with van der Waals surface area (Å²) in [5.74, 6) is -0.336. The van der Waals surface area contributed by atoms with E-state index in [1.807, 2.05) is 17.5 Å². The molecule has 1 unspecified atom stereocenters. The Morgan fingerprint density at radius 2 is 2.20 bits per heavy atom. The Bertz CT molecular complexity index is 882. The normalized spacial score (nSPS) is 18.9. The Hall–Kier alpha value is -1.48. The molecule has 0 saturated carbocycles. The van der Waals surface area contributed by atoms with Gasteiger partial charge in [-0.1, -0.05) is 30.2 Å². The van der Waals surface area contributed by atoms with Crippen LogP contribution in [0.4, 0.5) is 5.13 Å². The van der Waals surface area contributed by atoms with Crippen molar-refractivity contribution in [2.75, 3.05) is 18.1 Å². The van der Waals surface area contributed by atoms with Gasteiger partial charge in [0.05, 0.1) is 11.9 Å². The van der Waals surface area contributed by atoms with Gasteiger partial charge in [-0.2, -0.15) is 4.31 Å². The fourth-order valence-electron chi connectivity index (χ4n) is 2.86. The average Bonchev–Trinajstić information content (AvgIpc) is 3.02. The molecule has 0 spiro atoms. The van der Waals surface area contributed by atoms with E-state index < -0.39 is 16.1 Å². The van der Waals surface area contributed by atoms with Crippen LogP contribution in [-0.4, -0.2) is 42.5 Å². The van der Waals surface area contributed by atoms with E-state index >= 15 is 0 Å². The Labute approximate surface area is 155 Å². The summed E-state index contributed by atoms with van der Waals surface area (Å²) < 4.78 is 25.1. The molecule has 1 N–H and O–H groups in total. The summed E-state index contributed by atoms with van der Waals surface area (Å²) >= 11 is 7.29. The fraction of sp³-hybridized carbons (Fsp3) is 0.375.